The minimum absolute atomic E-state index is 0.0604. The minimum atomic E-state index is -0.444. The molecule has 25 heavy (non-hydrogen) atoms. The third-order valence-electron chi connectivity index (χ3n) is 4.35. The number of hydrogen-bond acceptors (Lipinski definition) is 3. The lowest BCUT2D eigenvalue weighted by atomic mass is 10.1. The van der Waals surface area contributed by atoms with Crippen molar-refractivity contribution in [2.75, 3.05) is 5.32 Å². The molecule has 1 fully saturated rings. The van der Waals surface area contributed by atoms with Gasteiger partial charge >= 0.3 is 0 Å². The molecule has 1 saturated heterocycles. The summed E-state index contributed by atoms with van der Waals surface area (Å²) in [4.78, 5) is 23.4. The number of nitrogens with one attached hydrogen (secondary N) is 2. The van der Waals surface area contributed by atoms with E-state index in [-0.39, 0.29) is 17.9 Å². The van der Waals surface area contributed by atoms with E-state index in [1.807, 2.05) is 62.4 Å². The van der Waals surface area contributed by atoms with Crippen LogP contribution >= 0.6 is 0 Å². The quantitative estimate of drug-likeness (QED) is 0.878. The van der Waals surface area contributed by atoms with E-state index in [0.29, 0.717) is 12.8 Å². The van der Waals surface area contributed by atoms with Gasteiger partial charge in [-0.3, -0.25) is 9.59 Å². The van der Waals surface area contributed by atoms with E-state index >= 15 is 0 Å². The van der Waals surface area contributed by atoms with Gasteiger partial charge in [0, 0.05) is 12.1 Å². The van der Waals surface area contributed by atoms with Gasteiger partial charge in [-0.25, -0.2) is 0 Å². The van der Waals surface area contributed by atoms with Crippen LogP contribution in [-0.4, -0.2) is 17.9 Å². The molecule has 2 amide bonds. The standard InChI is InChI=1S/C20H22N2O3/c1-13-12-16(25-14(2)15-6-4-3-5-7-15)8-9-17(13)22-20(24)18-10-11-19(23)21-18/h3-9,12,14,18H,10-11H2,1-2H3,(H,21,23)(H,22,24)/t14-,18-/m0/s1. The first-order valence-electron chi connectivity index (χ1n) is 8.45. The minimum Gasteiger partial charge on any atom is -0.486 e. The van der Waals surface area contributed by atoms with Crippen LogP contribution in [0.2, 0.25) is 0 Å². The normalized spacial score (nSPS) is 17.7. The van der Waals surface area contributed by atoms with Crippen molar-refractivity contribution in [2.45, 2.75) is 38.8 Å². The topological polar surface area (TPSA) is 67.4 Å². The van der Waals surface area contributed by atoms with Crippen molar-refractivity contribution in [2.24, 2.45) is 0 Å². The lowest BCUT2D eigenvalue weighted by Crippen LogP contribution is -2.37. The smallest absolute Gasteiger partial charge is 0.246 e. The molecule has 0 saturated carbocycles. The molecule has 0 spiro atoms. The van der Waals surface area contributed by atoms with Crippen molar-refractivity contribution in [3.8, 4) is 5.75 Å². The van der Waals surface area contributed by atoms with E-state index in [1.165, 1.54) is 0 Å². The van der Waals surface area contributed by atoms with Gasteiger partial charge in [0.25, 0.3) is 0 Å². The van der Waals surface area contributed by atoms with E-state index < -0.39 is 6.04 Å². The molecule has 0 aromatic heterocycles. The Labute approximate surface area is 147 Å². The van der Waals surface area contributed by atoms with Crippen LogP contribution < -0.4 is 15.4 Å². The van der Waals surface area contributed by atoms with Crippen LogP contribution in [0.1, 0.15) is 37.0 Å². The van der Waals surface area contributed by atoms with Crippen LogP contribution in [0.4, 0.5) is 5.69 Å². The Kier molecular flexibility index (Phi) is 5.03. The maximum Gasteiger partial charge on any atom is 0.246 e. The van der Waals surface area contributed by atoms with Crippen molar-refractivity contribution in [1.82, 2.24) is 5.32 Å². The Morgan fingerprint density at radius 3 is 2.64 bits per heavy atom. The highest BCUT2D eigenvalue weighted by molar-refractivity contribution is 5.99. The summed E-state index contributed by atoms with van der Waals surface area (Å²) in [7, 11) is 0. The highest BCUT2D eigenvalue weighted by Crippen LogP contribution is 2.26. The van der Waals surface area contributed by atoms with Crippen molar-refractivity contribution in [3.63, 3.8) is 0 Å². The summed E-state index contributed by atoms with van der Waals surface area (Å²) in [5.74, 6) is 0.497. The van der Waals surface area contributed by atoms with Gasteiger partial charge in [-0.1, -0.05) is 30.3 Å². The van der Waals surface area contributed by atoms with Crippen LogP contribution in [0.15, 0.2) is 48.5 Å². The summed E-state index contributed by atoms with van der Waals surface area (Å²) in [5, 5.41) is 5.55. The van der Waals surface area contributed by atoms with E-state index in [1.54, 1.807) is 0 Å². The molecule has 0 bridgehead atoms. The SMILES string of the molecule is Cc1cc(O[C@@H](C)c2ccccc2)ccc1NC(=O)[C@@H]1CCC(=O)N1. The van der Waals surface area contributed by atoms with Crippen LogP contribution in [0, 0.1) is 6.92 Å². The second-order valence-electron chi connectivity index (χ2n) is 6.30. The Bertz CT molecular complexity index is 774. The number of benzene rings is 2. The molecule has 0 unspecified atom stereocenters. The fraction of sp³-hybridized carbons (Fsp3) is 0.300. The number of rotatable bonds is 5. The summed E-state index contributed by atoms with van der Waals surface area (Å²) < 4.78 is 5.99. The largest absolute Gasteiger partial charge is 0.486 e. The zero-order chi connectivity index (χ0) is 17.8. The average Bonchev–Trinajstić information content (AvgIpc) is 3.04. The highest BCUT2D eigenvalue weighted by atomic mass is 16.5. The number of hydrogen-bond donors (Lipinski definition) is 2. The summed E-state index contributed by atoms with van der Waals surface area (Å²) in [5.41, 5.74) is 2.75. The van der Waals surface area contributed by atoms with E-state index in [2.05, 4.69) is 10.6 Å². The molecule has 0 radical (unpaired) electrons. The summed E-state index contributed by atoms with van der Waals surface area (Å²) in [6, 6.07) is 15.1. The van der Waals surface area contributed by atoms with E-state index in [4.69, 9.17) is 4.74 Å². The number of amides is 2. The number of carbonyl (C=O) groups is 2. The molecule has 2 aromatic carbocycles. The molecule has 1 aliphatic heterocycles. The lowest BCUT2D eigenvalue weighted by molar-refractivity contribution is -0.122. The molecule has 5 heteroatoms. The van der Waals surface area contributed by atoms with Gasteiger partial charge in [0.2, 0.25) is 11.8 Å². The first kappa shape index (κ1) is 17.0. The molecule has 3 rings (SSSR count). The van der Waals surface area contributed by atoms with Gasteiger partial charge in [-0.15, -0.1) is 0 Å². The van der Waals surface area contributed by atoms with E-state index in [0.717, 1.165) is 22.6 Å². The Morgan fingerprint density at radius 1 is 1.24 bits per heavy atom. The van der Waals surface area contributed by atoms with Crippen LogP contribution in [-0.2, 0) is 9.59 Å². The highest BCUT2D eigenvalue weighted by Gasteiger charge is 2.27. The van der Waals surface area contributed by atoms with Crippen LogP contribution in [0.3, 0.4) is 0 Å². The van der Waals surface area contributed by atoms with Crippen molar-refractivity contribution < 1.29 is 14.3 Å². The Hall–Kier alpha value is -2.82. The molecule has 1 aliphatic rings. The number of carbonyl (C=O) groups excluding carboxylic acids is 2. The number of ether oxygens (including phenoxy) is 1. The fourth-order valence-electron chi connectivity index (χ4n) is 2.88. The third kappa shape index (κ3) is 4.18. The summed E-state index contributed by atoms with van der Waals surface area (Å²) in [6.07, 6.45) is 0.885. The van der Waals surface area contributed by atoms with Gasteiger partial charge in [0.1, 0.15) is 17.9 Å². The number of aryl methyl sites for hydroxylation is 1. The summed E-state index contributed by atoms with van der Waals surface area (Å²) >= 11 is 0. The Morgan fingerprint density at radius 2 is 2.00 bits per heavy atom. The first-order chi connectivity index (χ1) is 12.0. The molecule has 1 heterocycles. The third-order valence-corrected chi connectivity index (χ3v) is 4.35. The van der Waals surface area contributed by atoms with Gasteiger partial charge in [0.15, 0.2) is 0 Å². The monoisotopic (exact) mass is 338 g/mol. The van der Waals surface area contributed by atoms with Crippen molar-refractivity contribution in [1.29, 1.82) is 0 Å². The van der Waals surface area contributed by atoms with Crippen LogP contribution in [0.25, 0.3) is 0 Å². The zero-order valence-corrected chi connectivity index (χ0v) is 14.4. The molecular weight excluding hydrogens is 316 g/mol. The maximum atomic E-state index is 12.2. The predicted molar refractivity (Wildman–Crippen MR) is 96.5 cm³/mol. The lowest BCUT2D eigenvalue weighted by Gasteiger charge is -2.17. The summed E-state index contributed by atoms with van der Waals surface area (Å²) in [6.45, 7) is 3.92. The maximum absolute atomic E-state index is 12.2. The van der Waals surface area contributed by atoms with Gasteiger partial charge in [-0.2, -0.15) is 0 Å². The van der Waals surface area contributed by atoms with Crippen molar-refractivity contribution in [3.05, 3.63) is 59.7 Å². The molecular formula is C20H22N2O3. The molecule has 130 valence electrons. The zero-order valence-electron chi connectivity index (χ0n) is 14.4. The Balaban J connectivity index is 1.64. The van der Waals surface area contributed by atoms with Gasteiger partial charge < -0.3 is 15.4 Å². The molecule has 0 aliphatic carbocycles. The molecule has 2 atom stereocenters. The number of anilines is 1. The predicted octanol–water partition coefficient (Wildman–Crippen LogP) is 3.35. The molecule has 2 N–H and O–H groups in total. The second-order valence-corrected chi connectivity index (χ2v) is 6.30. The van der Waals surface area contributed by atoms with Gasteiger partial charge in [0.05, 0.1) is 0 Å². The van der Waals surface area contributed by atoms with Gasteiger partial charge in [-0.05, 0) is 49.6 Å². The second kappa shape index (κ2) is 7.38. The van der Waals surface area contributed by atoms with E-state index in [9.17, 15) is 9.59 Å². The average molecular weight is 338 g/mol. The van der Waals surface area contributed by atoms with Crippen LogP contribution in [0.5, 0.6) is 5.75 Å². The molecule has 2 aromatic rings. The first-order valence-corrected chi connectivity index (χ1v) is 8.45. The molecule has 5 nitrogen and oxygen atoms in total. The fourth-order valence-corrected chi connectivity index (χ4v) is 2.88. The van der Waals surface area contributed by atoms with Crippen molar-refractivity contribution >= 4 is 17.5 Å².